The van der Waals surface area contributed by atoms with Crippen molar-refractivity contribution in [2.24, 2.45) is 0 Å². The lowest BCUT2D eigenvalue weighted by Crippen LogP contribution is -2.18. The van der Waals surface area contributed by atoms with Gasteiger partial charge in [0.2, 0.25) is 0 Å². The van der Waals surface area contributed by atoms with Gasteiger partial charge in [0.15, 0.2) is 5.43 Å². The van der Waals surface area contributed by atoms with Gasteiger partial charge in [0.1, 0.15) is 5.56 Å². The standard InChI is InChI=1S/C22H19N3O3S/c1-13-23-18-9-8-16(10-21(18)29-13)25-12-17(22(27)28)20(26)11-19(25)14-4-6-15(7-5-14)24(2)3/h4-12H,1-3H3,(H,27,28). The summed E-state index contributed by atoms with van der Waals surface area (Å²) in [5.41, 5.74) is 3.37. The first-order valence-corrected chi connectivity index (χ1v) is 9.80. The molecule has 0 fully saturated rings. The Labute approximate surface area is 171 Å². The van der Waals surface area contributed by atoms with Gasteiger partial charge in [-0.3, -0.25) is 4.79 Å². The molecular formula is C22H19N3O3S. The number of fused-ring (bicyclic) bond motifs is 1. The fraction of sp³-hybridized carbons (Fsp3) is 0.136. The van der Waals surface area contributed by atoms with E-state index in [2.05, 4.69) is 4.98 Å². The number of nitrogens with zero attached hydrogens (tertiary/aromatic N) is 3. The van der Waals surface area contributed by atoms with Gasteiger partial charge in [-0.2, -0.15) is 0 Å². The summed E-state index contributed by atoms with van der Waals surface area (Å²) in [6, 6.07) is 14.9. The van der Waals surface area contributed by atoms with Crippen molar-refractivity contribution in [3.05, 3.63) is 75.5 Å². The summed E-state index contributed by atoms with van der Waals surface area (Å²) in [7, 11) is 3.91. The summed E-state index contributed by atoms with van der Waals surface area (Å²) in [6.07, 6.45) is 1.40. The maximum atomic E-state index is 12.4. The number of aromatic nitrogens is 2. The Morgan fingerprint density at radius 3 is 2.48 bits per heavy atom. The molecule has 0 spiro atoms. The highest BCUT2D eigenvalue weighted by Gasteiger charge is 2.15. The molecule has 4 aromatic rings. The first-order chi connectivity index (χ1) is 13.8. The van der Waals surface area contributed by atoms with Crippen LogP contribution in [0.25, 0.3) is 27.2 Å². The van der Waals surface area contributed by atoms with Gasteiger partial charge in [-0.1, -0.05) is 12.1 Å². The van der Waals surface area contributed by atoms with E-state index in [9.17, 15) is 14.7 Å². The first kappa shape index (κ1) is 18.9. The van der Waals surface area contributed by atoms with Crippen LogP contribution in [0.5, 0.6) is 0 Å². The van der Waals surface area contributed by atoms with E-state index in [0.29, 0.717) is 5.69 Å². The SMILES string of the molecule is Cc1nc2ccc(-n3cc(C(=O)O)c(=O)cc3-c3ccc(N(C)C)cc3)cc2s1. The number of carbonyl (C=O) groups is 1. The molecular weight excluding hydrogens is 386 g/mol. The third-order valence-electron chi connectivity index (χ3n) is 4.72. The van der Waals surface area contributed by atoms with Crippen LogP contribution in [0.1, 0.15) is 15.4 Å². The molecule has 2 aromatic heterocycles. The molecule has 0 bridgehead atoms. The summed E-state index contributed by atoms with van der Waals surface area (Å²) < 4.78 is 2.76. The average Bonchev–Trinajstić information content (AvgIpc) is 3.06. The van der Waals surface area contributed by atoms with Gasteiger partial charge in [-0.15, -0.1) is 11.3 Å². The topological polar surface area (TPSA) is 75.4 Å². The minimum Gasteiger partial charge on any atom is -0.477 e. The van der Waals surface area contributed by atoms with Crippen LogP contribution >= 0.6 is 11.3 Å². The first-order valence-electron chi connectivity index (χ1n) is 8.99. The predicted molar refractivity (Wildman–Crippen MR) is 117 cm³/mol. The van der Waals surface area contributed by atoms with Crippen LogP contribution in [0.4, 0.5) is 5.69 Å². The molecule has 0 aliphatic rings. The number of hydrogen-bond acceptors (Lipinski definition) is 5. The summed E-state index contributed by atoms with van der Waals surface area (Å²) >= 11 is 1.57. The van der Waals surface area contributed by atoms with Gasteiger partial charge < -0.3 is 14.6 Å². The summed E-state index contributed by atoms with van der Waals surface area (Å²) in [6.45, 7) is 1.95. The van der Waals surface area contributed by atoms with Gasteiger partial charge in [0.05, 0.1) is 20.9 Å². The molecule has 0 aliphatic carbocycles. The number of benzene rings is 2. The molecule has 0 amide bonds. The number of rotatable bonds is 4. The number of anilines is 1. The van der Waals surface area contributed by atoms with E-state index in [1.807, 2.05) is 68.4 Å². The molecule has 0 unspecified atom stereocenters. The molecule has 2 heterocycles. The van der Waals surface area contributed by atoms with Crippen molar-refractivity contribution < 1.29 is 9.90 Å². The smallest absolute Gasteiger partial charge is 0.341 e. The molecule has 1 N–H and O–H groups in total. The summed E-state index contributed by atoms with van der Waals surface area (Å²) in [5.74, 6) is -1.24. The molecule has 0 radical (unpaired) electrons. The monoisotopic (exact) mass is 405 g/mol. The van der Waals surface area contributed by atoms with Gasteiger partial charge in [0.25, 0.3) is 0 Å². The molecule has 0 saturated heterocycles. The maximum Gasteiger partial charge on any atom is 0.341 e. The Morgan fingerprint density at radius 1 is 1.10 bits per heavy atom. The Kier molecular flexibility index (Phi) is 4.68. The molecule has 29 heavy (non-hydrogen) atoms. The van der Waals surface area contributed by atoms with Crippen LogP contribution in [0.2, 0.25) is 0 Å². The zero-order valence-corrected chi connectivity index (χ0v) is 17.0. The third kappa shape index (κ3) is 3.52. The Bertz CT molecular complexity index is 1290. The van der Waals surface area contributed by atoms with Gasteiger partial charge in [-0.25, -0.2) is 9.78 Å². The minimum absolute atomic E-state index is 0.265. The number of carboxylic acid groups (broad SMARTS) is 1. The van der Waals surface area contributed by atoms with Crippen molar-refractivity contribution in [1.82, 2.24) is 9.55 Å². The molecule has 0 saturated carbocycles. The zero-order valence-electron chi connectivity index (χ0n) is 16.2. The van der Waals surface area contributed by atoms with Crippen LogP contribution in [-0.2, 0) is 0 Å². The summed E-state index contributed by atoms with van der Waals surface area (Å²) in [4.78, 5) is 30.4. The fourth-order valence-corrected chi connectivity index (χ4v) is 4.10. The second-order valence-electron chi connectivity index (χ2n) is 6.94. The van der Waals surface area contributed by atoms with Crippen LogP contribution in [0.3, 0.4) is 0 Å². The lowest BCUT2D eigenvalue weighted by atomic mass is 10.1. The highest BCUT2D eigenvalue weighted by Crippen LogP contribution is 2.28. The van der Waals surface area contributed by atoms with E-state index in [1.54, 1.807) is 15.9 Å². The van der Waals surface area contributed by atoms with Crippen molar-refractivity contribution in [1.29, 1.82) is 0 Å². The van der Waals surface area contributed by atoms with E-state index in [4.69, 9.17) is 0 Å². The second kappa shape index (κ2) is 7.18. The Hall–Kier alpha value is -3.45. The minimum atomic E-state index is -1.24. The number of hydrogen-bond donors (Lipinski definition) is 1. The number of pyridine rings is 1. The normalized spacial score (nSPS) is 11.0. The van der Waals surface area contributed by atoms with E-state index in [1.165, 1.54) is 12.3 Å². The lowest BCUT2D eigenvalue weighted by molar-refractivity contribution is 0.0695. The molecule has 4 rings (SSSR count). The number of thiazole rings is 1. The van der Waals surface area contributed by atoms with E-state index in [-0.39, 0.29) is 5.56 Å². The molecule has 146 valence electrons. The van der Waals surface area contributed by atoms with Crippen molar-refractivity contribution in [2.75, 3.05) is 19.0 Å². The third-order valence-corrected chi connectivity index (χ3v) is 5.65. The van der Waals surface area contributed by atoms with Crippen LogP contribution in [0, 0.1) is 6.92 Å². The number of carboxylic acids is 1. The Morgan fingerprint density at radius 2 is 1.83 bits per heavy atom. The molecule has 7 heteroatoms. The quantitative estimate of drug-likeness (QED) is 0.551. The highest BCUT2D eigenvalue weighted by molar-refractivity contribution is 7.18. The van der Waals surface area contributed by atoms with E-state index < -0.39 is 11.4 Å². The Balaban J connectivity index is 1.95. The van der Waals surface area contributed by atoms with E-state index >= 15 is 0 Å². The second-order valence-corrected chi connectivity index (χ2v) is 8.17. The molecule has 6 nitrogen and oxygen atoms in total. The average molecular weight is 405 g/mol. The maximum absolute atomic E-state index is 12.4. The van der Waals surface area contributed by atoms with Crippen LogP contribution in [0.15, 0.2) is 59.5 Å². The lowest BCUT2D eigenvalue weighted by Gasteiger charge is -2.17. The molecule has 0 atom stereocenters. The van der Waals surface area contributed by atoms with Crippen molar-refractivity contribution in [3.63, 3.8) is 0 Å². The fourth-order valence-electron chi connectivity index (χ4n) is 3.24. The van der Waals surface area contributed by atoms with Crippen molar-refractivity contribution in [2.45, 2.75) is 6.92 Å². The van der Waals surface area contributed by atoms with Gasteiger partial charge in [-0.05, 0) is 42.8 Å². The summed E-state index contributed by atoms with van der Waals surface area (Å²) in [5, 5.41) is 10.4. The molecule has 0 aliphatic heterocycles. The largest absolute Gasteiger partial charge is 0.477 e. The van der Waals surface area contributed by atoms with Crippen LogP contribution < -0.4 is 10.3 Å². The van der Waals surface area contributed by atoms with E-state index in [0.717, 1.165) is 32.2 Å². The zero-order chi connectivity index (χ0) is 20.7. The van der Waals surface area contributed by atoms with Crippen LogP contribution in [-0.4, -0.2) is 34.7 Å². The van der Waals surface area contributed by atoms with Crippen molar-refractivity contribution >= 4 is 33.2 Å². The predicted octanol–water partition coefficient (Wildman–Crippen LogP) is 4.19. The van der Waals surface area contributed by atoms with Gasteiger partial charge >= 0.3 is 5.97 Å². The van der Waals surface area contributed by atoms with Gasteiger partial charge in [0, 0.05) is 37.7 Å². The van der Waals surface area contributed by atoms with Crippen molar-refractivity contribution in [3.8, 4) is 16.9 Å². The number of aryl methyl sites for hydroxylation is 1. The number of aromatic carboxylic acids is 1. The molecule has 2 aromatic carbocycles. The highest BCUT2D eigenvalue weighted by atomic mass is 32.1.